The number of carbonyl (C=O) groups is 2. The van der Waals surface area contributed by atoms with Crippen molar-refractivity contribution in [3.8, 4) is 5.69 Å². The van der Waals surface area contributed by atoms with Gasteiger partial charge in [0.2, 0.25) is 0 Å². The van der Waals surface area contributed by atoms with Crippen molar-refractivity contribution in [2.45, 2.75) is 11.7 Å². The van der Waals surface area contributed by atoms with Gasteiger partial charge in [-0.2, -0.15) is 0 Å². The standard InChI is InChI=1S/C23H20N4O3S/c1-31-23-24-10-11-27(23)19-8-3-6-17(14-19)21(28)25-15-16-5-2-7-18(13-16)26-22(29)20-9-4-12-30-20/h2-14H,15H2,1H3,(H,25,28)(H,26,29). The van der Waals surface area contributed by atoms with E-state index in [1.54, 1.807) is 30.5 Å². The predicted molar refractivity (Wildman–Crippen MR) is 120 cm³/mol. The Hall–Kier alpha value is -3.78. The van der Waals surface area contributed by atoms with Crippen LogP contribution in [0.4, 0.5) is 5.69 Å². The molecule has 0 bridgehead atoms. The topological polar surface area (TPSA) is 89.2 Å². The van der Waals surface area contributed by atoms with E-state index in [1.165, 1.54) is 18.0 Å². The molecule has 0 aliphatic heterocycles. The van der Waals surface area contributed by atoms with E-state index in [4.69, 9.17) is 4.42 Å². The van der Waals surface area contributed by atoms with Gasteiger partial charge in [0.05, 0.1) is 6.26 Å². The van der Waals surface area contributed by atoms with Gasteiger partial charge in [-0.1, -0.05) is 30.0 Å². The molecule has 0 saturated carbocycles. The third-order valence-electron chi connectivity index (χ3n) is 4.56. The summed E-state index contributed by atoms with van der Waals surface area (Å²) < 4.78 is 7.04. The van der Waals surface area contributed by atoms with E-state index in [1.807, 2.05) is 53.4 Å². The molecule has 0 saturated heterocycles. The van der Waals surface area contributed by atoms with Gasteiger partial charge in [0.25, 0.3) is 11.8 Å². The van der Waals surface area contributed by atoms with Crippen molar-refractivity contribution < 1.29 is 14.0 Å². The number of furan rings is 1. The zero-order valence-electron chi connectivity index (χ0n) is 16.7. The average molecular weight is 433 g/mol. The zero-order chi connectivity index (χ0) is 21.6. The predicted octanol–water partition coefficient (Wildman–Crippen LogP) is 4.37. The fourth-order valence-electron chi connectivity index (χ4n) is 3.08. The molecule has 2 amide bonds. The summed E-state index contributed by atoms with van der Waals surface area (Å²) in [6, 6.07) is 17.9. The average Bonchev–Trinajstić information content (AvgIpc) is 3.50. The Morgan fingerprint density at radius 2 is 1.94 bits per heavy atom. The summed E-state index contributed by atoms with van der Waals surface area (Å²) in [4.78, 5) is 29.1. The fourth-order valence-corrected chi connectivity index (χ4v) is 3.61. The Morgan fingerprint density at radius 3 is 2.74 bits per heavy atom. The van der Waals surface area contributed by atoms with Crippen molar-refractivity contribution in [1.82, 2.24) is 14.9 Å². The second-order valence-electron chi connectivity index (χ2n) is 6.65. The van der Waals surface area contributed by atoms with Gasteiger partial charge in [0.1, 0.15) is 0 Å². The maximum atomic E-state index is 12.7. The second-order valence-corrected chi connectivity index (χ2v) is 7.42. The van der Waals surface area contributed by atoms with Crippen molar-refractivity contribution in [2.75, 3.05) is 11.6 Å². The Bertz CT molecular complexity index is 1200. The molecule has 156 valence electrons. The smallest absolute Gasteiger partial charge is 0.291 e. The van der Waals surface area contributed by atoms with Crippen LogP contribution in [0, 0.1) is 0 Å². The molecule has 0 aliphatic carbocycles. The van der Waals surface area contributed by atoms with Crippen molar-refractivity contribution in [1.29, 1.82) is 0 Å². The second kappa shape index (κ2) is 9.36. The molecule has 2 aromatic carbocycles. The largest absolute Gasteiger partial charge is 0.459 e. The highest BCUT2D eigenvalue weighted by atomic mass is 32.2. The van der Waals surface area contributed by atoms with Crippen LogP contribution in [0.25, 0.3) is 5.69 Å². The van der Waals surface area contributed by atoms with Crippen LogP contribution in [0.3, 0.4) is 0 Å². The summed E-state index contributed by atoms with van der Waals surface area (Å²) in [5.41, 5.74) is 2.92. The van der Waals surface area contributed by atoms with Gasteiger partial charge in [0, 0.05) is 35.9 Å². The Labute approximate surface area is 183 Å². The van der Waals surface area contributed by atoms with Crippen molar-refractivity contribution in [3.05, 3.63) is 96.2 Å². The molecule has 0 fully saturated rings. The molecule has 8 heteroatoms. The van der Waals surface area contributed by atoms with Crippen molar-refractivity contribution in [3.63, 3.8) is 0 Å². The number of nitrogens with one attached hydrogen (secondary N) is 2. The maximum absolute atomic E-state index is 12.7. The number of imidazole rings is 1. The number of aromatic nitrogens is 2. The number of hydrogen-bond donors (Lipinski definition) is 2. The lowest BCUT2D eigenvalue weighted by Gasteiger charge is -2.10. The Balaban J connectivity index is 1.41. The van der Waals surface area contributed by atoms with Crippen molar-refractivity contribution in [2.24, 2.45) is 0 Å². The van der Waals surface area contributed by atoms with Crippen molar-refractivity contribution >= 4 is 29.3 Å². The molecule has 4 aromatic rings. The molecule has 2 N–H and O–H groups in total. The van der Waals surface area contributed by atoms with Crippen LogP contribution >= 0.6 is 11.8 Å². The molecular formula is C23H20N4O3S. The number of benzene rings is 2. The molecule has 0 atom stereocenters. The first-order chi connectivity index (χ1) is 15.1. The molecule has 2 aromatic heterocycles. The third kappa shape index (κ3) is 4.87. The van der Waals surface area contributed by atoms with Crippen LogP contribution in [0.1, 0.15) is 26.5 Å². The van der Waals surface area contributed by atoms with Gasteiger partial charge in [-0.05, 0) is 54.3 Å². The van der Waals surface area contributed by atoms with Crippen LogP contribution in [0.15, 0.2) is 88.9 Å². The van der Waals surface area contributed by atoms with E-state index in [-0.39, 0.29) is 17.6 Å². The van der Waals surface area contributed by atoms with Crippen LogP contribution in [0.2, 0.25) is 0 Å². The number of rotatable bonds is 7. The number of carbonyl (C=O) groups excluding carboxylic acids is 2. The highest BCUT2D eigenvalue weighted by Crippen LogP contribution is 2.19. The van der Waals surface area contributed by atoms with Gasteiger partial charge < -0.3 is 15.1 Å². The van der Waals surface area contributed by atoms with Gasteiger partial charge in [-0.25, -0.2) is 4.98 Å². The minimum absolute atomic E-state index is 0.183. The van der Waals surface area contributed by atoms with Crippen LogP contribution in [-0.2, 0) is 6.54 Å². The summed E-state index contributed by atoms with van der Waals surface area (Å²) in [6.07, 6.45) is 7.01. The number of thioether (sulfide) groups is 1. The van der Waals surface area contributed by atoms with E-state index in [2.05, 4.69) is 15.6 Å². The van der Waals surface area contributed by atoms with E-state index < -0.39 is 0 Å². The fraction of sp³-hybridized carbons (Fsp3) is 0.0870. The van der Waals surface area contributed by atoms with Gasteiger partial charge >= 0.3 is 0 Å². The van der Waals surface area contributed by atoms with Crippen LogP contribution in [-0.4, -0.2) is 27.6 Å². The summed E-state index contributed by atoms with van der Waals surface area (Å²) >= 11 is 1.54. The molecule has 7 nitrogen and oxygen atoms in total. The van der Waals surface area contributed by atoms with Gasteiger partial charge in [-0.3, -0.25) is 14.2 Å². The summed E-state index contributed by atoms with van der Waals surface area (Å²) in [7, 11) is 0. The molecular weight excluding hydrogens is 412 g/mol. The normalized spacial score (nSPS) is 10.6. The van der Waals surface area contributed by atoms with E-state index in [0.717, 1.165) is 16.4 Å². The van der Waals surface area contributed by atoms with Crippen LogP contribution < -0.4 is 10.6 Å². The minimum atomic E-state index is -0.327. The molecule has 2 heterocycles. The minimum Gasteiger partial charge on any atom is -0.459 e. The highest BCUT2D eigenvalue weighted by molar-refractivity contribution is 7.98. The van der Waals surface area contributed by atoms with E-state index >= 15 is 0 Å². The van der Waals surface area contributed by atoms with E-state index in [0.29, 0.717) is 17.8 Å². The number of amides is 2. The lowest BCUT2D eigenvalue weighted by molar-refractivity contribution is 0.0949. The van der Waals surface area contributed by atoms with Gasteiger partial charge in [-0.15, -0.1) is 0 Å². The first-order valence-corrected chi connectivity index (χ1v) is 10.8. The molecule has 31 heavy (non-hydrogen) atoms. The lowest BCUT2D eigenvalue weighted by atomic mass is 10.1. The lowest BCUT2D eigenvalue weighted by Crippen LogP contribution is -2.23. The quantitative estimate of drug-likeness (QED) is 0.423. The summed E-state index contributed by atoms with van der Waals surface area (Å²) in [6.45, 7) is 0.328. The molecule has 0 unspecified atom stereocenters. The Morgan fingerprint density at radius 1 is 1.06 bits per heavy atom. The molecule has 0 aliphatic rings. The molecule has 4 rings (SSSR count). The molecule has 0 radical (unpaired) electrons. The van der Waals surface area contributed by atoms with E-state index in [9.17, 15) is 9.59 Å². The van der Waals surface area contributed by atoms with Gasteiger partial charge in [0.15, 0.2) is 10.9 Å². The number of hydrogen-bond acceptors (Lipinski definition) is 5. The number of nitrogens with zero attached hydrogens (tertiary/aromatic N) is 2. The van der Waals surface area contributed by atoms with Crippen LogP contribution in [0.5, 0.6) is 0 Å². The number of anilines is 1. The molecule has 0 spiro atoms. The monoisotopic (exact) mass is 432 g/mol. The highest BCUT2D eigenvalue weighted by Gasteiger charge is 2.11. The SMILES string of the molecule is CSc1nccn1-c1cccc(C(=O)NCc2cccc(NC(=O)c3ccco3)c2)c1. The summed E-state index contributed by atoms with van der Waals surface area (Å²) in [5, 5.41) is 6.56. The first kappa shape index (κ1) is 20.5. The third-order valence-corrected chi connectivity index (χ3v) is 5.23. The zero-order valence-corrected chi connectivity index (χ0v) is 17.6. The first-order valence-electron chi connectivity index (χ1n) is 9.54. The Kier molecular flexibility index (Phi) is 6.18. The summed E-state index contributed by atoms with van der Waals surface area (Å²) in [5.74, 6) is -0.272. The maximum Gasteiger partial charge on any atom is 0.291 e.